The number of nitrogens with zero attached hydrogens (tertiary/aromatic N) is 3. The minimum Gasteiger partial charge on any atom is -0.378 e. The SMILES string of the molecule is Cc1cc(N2CCOCC2)nc(CNS(=O)(=O)c2ccc(I)cc2)n1. The molecule has 1 aromatic carbocycles. The predicted octanol–water partition coefficient (Wildman–Crippen LogP) is 1.70. The summed E-state index contributed by atoms with van der Waals surface area (Å²) < 4.78 is 33.7. The van der Waals surface area contributed by atoms with E-state index in [1.54, 1.807) is 24.3 Å². The van der Waals surface area contributed by atoms with Gasteiger partial charge in [0.25, 0.3) is 0 Å². The van der Waals surface area contributed by atoms with Crippen LogP contribution in [0.3, 0.4) is 0 Å². The van der Waals surface area contributed by atoms with E-state index in [1.165, 1.54) is 0 Å². The van der Waals surface area contributed by atoms with E-state index in [0.717, 1.165) is 28.2 Å². The van der Waals surface area contributed by atoms with Gasteiger partial charge in [0.2, 0.25) is 10.0 Å². The van der Waals surface area contributed by atoms with Crippen LogP contribution in [0.2, 0.25) is 0 Å². The summed E-state index contributed by atoms with van der Waals surface area (Å²) in [5.41, 5.74) is 0.806. The fourth-order valence-corrected chi connectivity index (χ4v) is 3.84. The van der Waals surface area contributed by atoms with Crippen molar-refractivity contribution in [3.05, 3.63) is 45.4 Å². The highest BCUT2D eigenvalue weighted by atomic mass is 127. The number of aryl methyl sites for hydroxylation is 1. The first-order valence-corrected chi connectivity index (χ1v) is 10.4. The van der Waals surface area contributed by atoms with Gasteiger partial charge in [0.15, 0.2) is 0 Å². The number of hydrogen-bond donors (Lipinski definition) is 1. The Bertz CT molecular complexity index is 837. The molecule has 134 valence electrons. The van der Waals surface area contributed by atoms with Crippen LogP contribution in [0, 0.1) is 10.5 Å². The lowest BCUT2D eigenvalue weighted by Crippen LogP contribution is -2.37. The Hall–Kier alpha value is -1.30. The lowest BCUT2D eigenvalue weighted by atomic mass is 10.3. The van der Waals surface area contributed by atoms with Crippen molar-refractivity contribution in [2.45, 2.75) is 18.4 Å². The normalized spacial score (nSPS) is 15.4. The molecule has 7 nitrogen and oxygen atoms in total. The van der Waals surface area contributed by atoms with Gasteiger partial charge in [-0.3, -0.25) is 0 Å². The van der Waals surface area contributed by atoms with Crippen molar-refractivity contribution in [2.75, 3.05) is 31.2 Å². The second kappa shape index (κ2) is 7.94. The van der Waals surface area contributed by atoms with Crippen LogP contribution in [0.5, 0.6) is 0 Å². The smallest absolute Gasteiger partial charge is 0.240 e. The van der Waals surface area contributed by atoms with Crippen LogP contribution in [0.25, 0.3) is 0 Å². The van der Waals surface area contributed by atoms with Crippen LogP contribution in [0.1, 0.15) is 11.5 Å². The minimum atomic E-state index is -3.59. The van der Waals surface area contributed by atoms with Crippen molar-refractivity contribution in [1.29, 1.82) is 0 Å². The molecule has 3 rings (SSSR count). The molecule has 1 N–H and O–H groups in total. The molecule has 9 heteroatoms. The van der Waals surface area contributed by atoms with Crippen LogP contribution in [0.4, 0.5) is 5.82 Å². The molecule has 0 saturated carbocycles. The number of hydrogen-bond acceptors (Lipinski definition) is 6. The number of aromatic nitrogens is 2. The lowest BCUT2D eigenvalue weighted by Gasteiger charge is -2.28. The Morgan fingerprint density at radius 3 is 2.56 bits per heavy atom. The molecule has 0 unspecified atom stereocenters. The predicted molar refractivity (Wildman–Crippen MR) is 103 cm³/mol. The molecular formula is C16H19IN4O3S. The number of ether oxygens (including phenoxy) is 1. The number of sulfonamides is 1. The maximum Gasteiger partial charge on any atom is 0.240 e. The van der Waals surface area contributed by atoms with E-state index in [2.05, 4.69) is 42.2 Å². The third kappa shape index (κ3) is 4.87. The topological polar surface area (TPSA) is 84.4 Å². The van der Waals surface area contributed by atoms with Crippen molar-refractivity contribution in [3.63, 3.8) is 0 Å². The fourth-order valence-electron chi connectivity index (χ4n) is 2.50. The minimum absolute atomic E-state index is 0.0489. The van der Waals surface area contributed by atoms with E-state index >= 15 is 0 Å². The number of nitrogens with one attached hydrogen (secondary N) is 1. The van der Waals surface area contributed by atoms with Gasteiger partial charge in [-0.05, 0) is 53.8 Å². The van der Waals surface area contributed by atoms with E-state index in [0.29, 0.717) is 19.0 Å². The Kier molecular flexibility index (Phi) is 5.87. The average Bonchev–Trinajstić information content (AvgIpc) is 2.61. The molecule has 0 radical (unpaired) electrons. The summed E-state index contributed by atoms with van der Waals surface area (Å²) in [6, 6.07) is 8.59. The largest absolute Gasteiger partial charge is 0.378 e. The quantitative estimate of drug-likeness (QED) is 0.665. The molecule has 1 aliphatic heterocycles. The summed E-state index contributed by atoms with van der Waals surface area (Å²) in [5, 5.41) is 0. The van der Waals surface area contributed by atoms with Gasteiger partial charge < -0.3 is 9.64 Å². The van der Waals surface area contributed by atoms with Crippen molar-refractivity contribution >= 4 is 38.4 Å². The molecule has 0 spiro atoms. The molecule has 0 aliphatic carbocycles. The first-order chi connectivity index (χ1) is 11.9. The number of anilines is 1. The summed E-state index contributed by atoms with van der Waals surface area (Å²) in [5.74, 6) is 1.26. The van der Waals surface area contributed by atoms with E-state index in [-0.39, 0.29) is 11.4 Å². The van der Waals surface area contributed by atoms with Crippen LogP contribution in [-0.2, 0) is 21.3 Å². The van der Waals surface area contributed by atoms with Gasteiger partial charge in [-0.2, -0.15) is 0 Å². The number of halogens is 1. The van der Waals surface area contributed by atoms with E-state index < -0.39 is 10.0 Å². The Morgan fingerprint density at radius 2 is 1.88 bits per heavy atom. The number of morpholine rings is 1. The average molecular weight is 474 g/mol. The van der Waals surface area contributed by atoms with Gasteiger partial charge in [0.1, 0.15) is 11.6 Å². The summed E-state index contributed by atoms with van der Waals surface area (Å²) in [7, 11) is -3.59. The van der Waals surface area contributed by atoms with Gasteiger partial charge in [0.05, 0.1) is 24.7 Å². The van der Waals surface area contributed by atoms with Gasteiger partial charge in [-0.25, -0.2) is 23.1 Å². The first kappa shape index (κ1) is 18.5. The van der Waals surface area contributed by atoms with Crippen LogP contribution in [-0.4, -0.2) is 44.7 Å². The fraction of sp³-hybridized carbons (Fsp3) is 0.375. The highest BCUT2D eigenvalue weighted by molar-refractivity contribution is 14.1. The highest BCUT2D eigenvalue weighted by Crippen LogP contribution is 2.15. The zero-order valence-corrected chi connectivity index (χ0v) is 16.7. The molecule has 1 saturated heterocycles. The molecule has 2 heterocycles. The van der Waals surface area contributed by atoms with E-state index in [9.17, 15) is 8.42 Å². The van der Waals surface area contributed by atoms with Crippen molar-refractivity contribution < 1.29 is 13.2 Å². The third-order valence-electron chi connectivity index (χ3n) is 3.77. The van der Waals surface area contributed by atoms with Crippen LogP contribution < -0.4 is 9.62 Å². The summed E-state index contributed by atoms with van der Waals surface area (Å²) in [6.07, 6.45) is 0. The number of benzene rings is 1. The highest BCUT2D eigenvalue weighted by Gasteiger charge is 2.17. The standard InChI is InChI=1S/C16H19IN4O3S/c1-12-10-16(21-6-8-24-9-7-21)20-15(19-12)11-18-25(22,23)14-4-2-13(17)3-5-14/h2-5,10,18H,6-9,11H2,1H3. The third-order valence-corrected chi connectivity index (χ3v) is 5.90. The monoisotopic (exact) mass is 474 g/mol. The second-order valence-corrected chi connectivity index (χ2v) is 8.67. The van der Waals surface area contributed by atoms with Gasteiger partial charge in [0, 0.05) is 28.4 Å². The molecule has 0 atom stereocenters. The Labute approximate surface area is 161 Å². The Balaban J connectivity index is 1.74. The summed E-state index contributed by atoms with van der Waals surface area (Å²) in [4.78, 5) is 11.2. The molecule has 1 aliphatic rings. The van der Waals surface area contributed by atoms with E-state index in [4.69, 9.17) is 4.74 Å². The maximum atomic E-state index is 12.4. The maximum absolute atomic E-state index is 12.4. The first-order valence-electron chi connectivity index (χ1n) is 7.86. The molecular weight excluding hydrogens is 455 g/mol. The number of rotatable bonds is 5. The zero-order valence-electron chi connectivity index (χ0n) is 13.8. The van der Waals surface area contributed by atoms with Gasteiger partial charge in [-0.15, -0.1) is 0 Å². The van der Waals surface area contributed by atoms with Gasteiger partial charge >= 0.3 is 0 Å². The Morgan fingerprint density at radius 1 is 1.20 bits per heavy atom. The summed E-state index contributed by atoms with van der Waals surface area (Å²) >= 11 is 2.13. The summed E-state index contributed by atoms with van der Waals surface area (Å²) in [6.45, 7) is 4.79. The van der Waals surface area contributed by atoms with Gasteiger partial charge in [-0.1, -0.05) is 0 Å². The van der Waals surface area contributed by atoms with Crippen molar-refractivity contribution in [2.24, 2.45) is 0 Å². The second-order valence-electron chi connectivity index (χ2n) is 5.66. The molecule has 0 amide bonds. The molecule has 25 heavy (non-hydrogen) atoms. The molecule has 1 fully saturated rings. The lowest BCUT2D eigenvalue weighted by molar-refractivity contribution is 0.122. The van der Waals surface area contributed by atoms with E-state index in [1.807, 2.05) is 13.0 Å². The van der Waals surface area contributed by atoms with Crippen molar-refractivity contribution in [3.8, 4) is 0 Å². The molecule has 0 bridgehead atoms. The molecule has 2 aromatic rings. The van der Waals surface area contributed by atoms with Crippen molar-refractivity contribution in [1.82, 2.24) is 14.7 Å². The zero-order chi connectivity index (χ0) is 17.9. The van der Waals surface area contributed by atoms with Crippen LogP contribution in [0.15, 0.2) is 35.2 Å². The molecule has 1 aromatic heterocycles. The van der Waals surface area contributed by atoms with Crippen LogP contribution >= 0.6 is 22.6 Å².